The largest absolute Gasteiger partial charge is 0.334 e. The van der Waals surface area contributed by atoms with Gasteiger partial charge in [-0.1, -0.05) is 41.1 Å². The second-order valence-corrected chi connectivity index (χ2v) is 9.99. The lowest BCUT2D eigenvalue weighted by Gasteiger charge is -2.19. The molecule has 1 amide bonds. The Morgan fingerprint density at radius 3 is 2.42 bits per heavy atom. The van der Waals surface area contributed by atoms with E-state index >= 15 is 0 Å². The Hall–Kier alpha value is -2.74. The molecule has 2 heterocycles. The molecule has 0 N–H and O–H groups in total. The lowest BCUT2D eigenvalue weighted by molar-refractivity contribution is -0.113. The first-order chi connectivity index (χ1) is 15.9. The average molecular weight is 496 g/mol. The lowest BCUT2D eigenvalue weighted by atomic mass is 10.2. The van der Waals surface area contributed by atoms with E-state index in [-0.39, 0.29) is 11.7 Å². The fourth-order valence-electron chi connectivity index (χ4n) is 3.66. The first-order valence-electron chi connectivity index (χ1n) is 10.4. The minimum atomic E-state index is -0.357. The highest BCUT2D eigenvalue weighted by atomic mass is 35.5. The van der Waals surface area contributed by atoms with Crippen molar-refractivity contribution in [2.24, 2.45) is 4.99 Å². The molecular formula is C25H19ClFN3OS2. The van der Waals surface area contributed by atoms with Crippen molar-refractivity contribution >= 4 is 63.3 Å². The normalized spacial score (nSPS) is 19.0. The third-order valence-corrected chi connectivity index (χ3v) is 7.88. The molecule has 1 fully saturated rings. The average Bonchev–Trinajstić information content (AvgIpc) is 3.32. The zero-order valence-corrected chi connectivity index (χ0v) is 20.3. The monoisotopic (exact) mass is 495 g/mol. The summed E-state index contributed by atoms with van der Waals surface area (Å²) in [6.45, 7) is 4.74. The van der Waals surface area contributed by atoms with Crippen LogP contribution < -0.4 is 9.80 Å². The molecule has 0 saturated carbocycles. The molecule has 8 heteroatoms. The number of benzene rings is 3. The molecule has 5 rings (SSSR count). The number of fused-ring (bicyclic) bond motifs is 1. The number of hydrogen-bond acceptors (Lipinski definition) is 5. The summed E-state index contributed by atoms with van der Waals surface area (Å²) in [7, 11) is 0. The van der Waals surface area contributed by atoms with Crippen molar-refractivity contribution in [1.29, 1.82) is 0 Å². The Morgan fingerprint density at radius 2 is 1.73 bits per heavy atom. The topological polar surface area (TPSA) is 35.9 Å². The van der Waals surface area contributed by atoms with Gasteiger partial charge in [-0.3, -0.25) is 9.69 Å². The maximum atomic E-state index is 13.7. The molecule has 0 atom stereocenters. The molecule has 1 saturated heterocycles. The quantitative estimate of drug-likeness (QED) is 0.356. The number of amides is 1. The third kappa shape index (κ3) is 4.16. The Morgan fingerprint density at radius 1 is 1.00 bits per heavy atom. The number of thioether (sulfide) groups is 2. The molecule has 3 aromatic carbocycles. The van der Waals surface area contributed by atoms with Gasteiger partial charge in [0.05, 0.1) is 17.1 Å². The van der Waals surface area contributed by atoms with E-state index in [1.165, 1.54) is 23.9 Å². The van der Waals surface area contributed by atoms with Crippen molar-refractivity contribution < 1.29 is 9.18 Å². The van der Waals surface area contributed by atoms with Gasteiger partial charge in [0.15, 0.2) is 5.17 Å². The summed E-state index contributed by atoms with van der Waals surface area (Å²) >= 11 is 9.13. The number of carbonyl (C=O) groups is 1. The van der Waals surface area contributed by atoms with Crippen LogP contribution in [0.2, 0.25) is 5.02 Å². The van der Waals surface area contributed by atoms with Crippen LogP contribution in [0.1, 0.15) is 12.5 Å². The Labute approximate surface area is 205 Å². The smallest absolute Gasteiger partial charge is 0.274 e. The highest BCUT2D eigenvalue weighted by molar-refractivity contribution is 8.20. The number of anilines is 2. The van der Waals surface area contributed by atoms with Crippen molar-refractivity contribution in [3.05, 3.63) is 93.1 Å². The lowest BCUT2D eigenvalue weighted by Crippen LogP contribution is -2.29. The van der Waals surface area contributed by atoms with Gasteiger partial charge in [0.1, 0.15) is 15.8 Å². The Bertz CT molecular complexity index is 1310. The molecule has 0 bridgehead atoms. The summed E-state index contributed by atoms with van der Waals surface area (Å²) in [6, 6.07) is 19.4. The van der Waals surface area contributed by atoms with Crippen LogP contribution in [0, 0.1) is 12.7 Å². The molecule has 2 aliphatic heterocycles. The van der Waals surface area contributed by atoms with E-state index < -0.39 is 0 Å². The predicted octanol–water partition coefficient (Wildman–Crippen LogP) is 7.36. The number of carbonyl (C=O) groups excluding carboxylic acids is 1. The van der Waals surface area contributed by atoms with Crippen LogP contribution in [0.15, 0.2) is 86.6 Å². The van der Waals surface area contributed by atoms with Crippen LogP contribution in [0.25, 0.3) is 0 Å². The summed E-state index contributed by atoms with van der Waals surface area (Å²) in [5.74, 6) is -0.540. The summed E-state index contributed by atoms with van der Waals surface area (Å²) < 4.78 is 13.6. The molecule has 33 heavy (non-hydrogen) atoms. The number of halogens is 2. The molecule has 0 aliphatic carbocycles. The van der Waals surface area contributed by atoms with Crippen molar-refractivity contribution in [2.45, 2.75) is 18.7 Å². The minimum Gasteiger partial charge on any atom is -0.334 e. The second-order valence-electron chi connectivity index (χ2n) is 7.54. The van der Waals surface area contributed by atoms with Crippen molar-refractivity contribution in [3.63, 3.8) is 0 Å². The van der Waals surface area contributed by atoms with Gasteiger partial charge >= 0.3 is 0 Å². The number of amidine groups is 1. The number of aryl methyl sites for hydroxylation is 1. The van der Waals surface area contributed by atoms with E-state index in [0.717, 1.165) is 26.9 Å². The molecular weight excluding hydrogens is 477 g/mol. The number of aliphatic imine (C=N–C) groups is 1. The maximum absolute atomic E-state index is 13.7. The van der Waals surface area contributed by atoms with Crippen LogP contribution in [0.3, 0.4) is 0 Å². The fraction of sp³-hybridized carbons (Fsp3) is 0.120. The molecule has 0 unspecified atom stereocenters. The van der Waals surface area contributed by atoms with Crippen LogP contribution >= 0.6 is 35.1 Å². The van der Waals surface area contributed by atoms with E-state index in [2.05, 4.69) is 4.90 Å². The Balaban J connectivity index is 1.62. The van der Waals surface area contributed by atoms with Gasteiger partial charge in [0.2, 0.25) is 0 Å². The van der Waals surface area contributed by atoms with Crippen LogP contribution in [0.5, 0.6) is 0 Å². The van der Waals surface area contributed by atoms with E-state index in [0.29, 0.717) is 27.3 Å². The van der Waals surface area contributed by atoms with E-state index in [1.807, 2.05) is 56.3 Å². The first kappa shape index (κ1) is 22.1. The van der Waals surface area contributed by atoms with Gasteiger partial charge < -0.3 is 4.90 Å². The zero-order chi connectivity index (χ0) is 23.1. The van der Waals surface area contributed by atoms with E-state index in [4.69, 9.17) is 16.6 Å². The fourth-order valence-corrected chi connectivity index (χ4v) is 6.21. The highest BCUT2D eigenvalue weighted by Crippen LogP contribution is 2.51. The van der Waals surface area contributed by atoms with Gasteiger partial charge in [-0.15, -0.1) is 0 Å². The molecule has 3 aromatic rings. The summed E-state index contributed by atoms with van der Waals surface area (Å²) in [5, 5.41) is 2.04. The number of rotatable bonds is 3. The van der Waals surface area contributed by atoms with Gasteiger partial charge in [-0.05, 0) is 80.2 Å². The minimum absolute atomic E-state index is 0.183. The molecule has 0 radical (unpaired) electrons. The van der Waals surface area contributed by atoms with Gasteiger partial charge in [-0.2, -0.15) is 0 Å². The summed E-state index contributed by atoms with van der Waals surface area (Å²) in [6.07, 6.45) is 0. The third-order valence-electron chi connectivity index (χ3n) is 5.30. The molecule has 0 spiro atoms. The number of nitrogens with zero attached hydrogens (tertiary/aromatic N) is 3. The molecule has 0 aromatic heterocycles. The van der Waals surface area contributed by atoms with Gasteiger partial charge in [-0.25, -0.2) is 9.38 Å². The Kier molecular flexibility index (Phi) is 5.95. The van der Waals surface area contributed by atoms with Crippen molar-refractivity contribution in [3.8, 4) is 0 Å². The van der Waals surface area contributed by atoms with Crippen molar-refractivity contribution in [2.75, 3.05) is 16.3 Å². The first-order valence-corrected chi connectivity index (χ1v) is 12.4. The number of hydrogen-bond donors (Lipinski definition) is 0. The predicted molar refractivity (Wildman–Crippen MR) is 137 cm³/mol. The van der Waals surface area contributed by atoms with Gasteiger partial charge in [0.25, 0.3) is 5.91 Å². The van der Waals surface area contributed by atoms with Gasteiger partial charge in [0, 0.05) is 16.5 Å². The van der Waals surface area contributed by atoms with E-state index in [1.54, 1.807) is 28.8 Å². The van der Waals surface area contributed by atoms with Crippen molar-refractivity contribution in [1.82, 2.24) is 0 Å². The molecule has 2 aliphatic rings. The molecule has 166 valence electrons. The summed E-state index contributed by atoms with van der Waals surface area (Å²) in [5.41, 5.74) is 3.44. The highest BCUT2D eigenvalue weighted by Gasteiger charge is 2.40. The van der Waals surface area contributed by atoms with Crippen LogP contribution in [0.4, 0.5) is 21.5 Å². The zero-order valence-electron chi connectivity index (χ0n) is 17.9. The standard InChI is InChI=1S/C25H19ClFN3OS2/c1-3-29-20-14-16(26)6-13-21(20)32-24(29)22-23(31)30(19-11-7-17(27)8-12-19)25(33-22)28-18-9-4-15(2)5-10-18/h4-14H,3H2,1-2H3. The maximum Gasteiger partial charge on any atom is 0.274 e. The van der Waals surface area contributed by atoms with Crippen LogP contribution in [-0.4, -0.2) is 17.6 Å². The molecule has 4 nitrogen and oxygen atoms in total. The second kappa shape index (κ2) is 8.89. The summed E-state index contributed by atoms with van der Waals surface area (Å²) in [4.78, 5) is 23.8. The van der Waals surface area contributed by atoms with Crippen LogP contribution in [-0.2, 0) is 4.79 Å². The SMILES string of the molecule is CCN1C(=C2SC(=Nc3ccc(C)cc3)N(c3ccc(F)cc3)C2=O)Sc2ccc(Cl)cc21. The van der Waals surface area contributed by atoms with E-state index in [9.17, 15) is 9.18 Å².